The van der Waals surface area contributed by atoms with Crippen molar-refractivity contribution in [2.24, 2.45) is 0 Å². The number of carbonyl (C=O) groups excluding carboxylic acids is 5. The van der Waals surface area contributed by atoms with Crippen molar-refractivity contribution in [3.63, 3.8) is 0 Å². The molecular weight excluding hydrogens is 368 g/mol. The Labute approximate surface area is 155 Å². The third kappa shape index (κ3) is 7.21. The standard InChI is InChI=1S/C16H22O11/c1-7(17)22-6-12-13(23-8(2)18)14(24-9(3)19)15(25-10(4)20)16(27-12)26-11(5)21/h12-16H,6H2,1-5H3/t12-,13?,14+,15?,16-/m1/s1. The van der Waals surface area contributed by atoms with E-state index in [1.807, 2.05) is 0 Å². The van der Waals surface area contributed by atoms with E-state index in [9.17, 15) is 24.0 Å². The minimum atomic E-state index is -1.48. The highest BCUT2D eigenvalue weighted by Gasteiger charge is 2.53. The summed E-state index contributed by atoms with van der Waals surface area (Å²) < 4.78 is 30.8. The topological polar surface area (TPSA) is 141 Å². The van der Waals surface area contributed by atoms with E-state index in [1.54, 1.807) is 0 Å². The molecule has 0 spiro atoms. The molecule has 0 aromatic carbocycles. The number of carbonyl (C=O) groups is 5. The van der Waals surface area contributed by atoms with Crippen LogP contribution in [0.3, 0.4) is 0 Å². The SMILES string of the molecule is CC(=O)OC[C@H]1O[C@@H](OC(C)=O)C(OC(C)=O)[C@@H](OC(C)=O)C1OC(C)=O. The van der Waals surface area contributed by atoms with Gasteiger partial charge in [0.25, 0.3) is 0 Å². The second kappa shape index (κ2) is 9.86. The fourth-order valence-corrected chi connectivity index (χ4v) is 2.45. The van der Waals surface area contributed by atoms with Crippen LogP contribution < -0.4 is 0 Å². The van der Waals surface area contributed by atoms with Crippen LogP contribution in [0.25, 0.3) is 0 Å². The Morgan fingerprint density at radius 3 is 1.52 bits per heavy atom. The van der Waals surface area contributed by atoms with Crippen molar-refractivity contribution in [3.8, 4) is 0 Å². The molecule has 1 fully saturated rings. The van der Waals surface area contributed by atoms with Gasteiger partial charge in [-0.25, -0.2) is 0 Å². The molecule has 1 heterocycles. The molecule has 0 aromatic rings. The lowest BCUT2D eigenvalue weighted by Crippen LogP contribution is -2.63. The summed E-state index contributed by atoms with van der Waals surface area (Å²) in [5, 5.41) is 0. The van der Waals surface area contributed by atoms with Crippen LogP contribution in [0.5, 0.6) is 0 Å². The van der Waals surface area contributed by atoms with Gasteiger partial charge in [0, 0.05) is 34.6 Å². The van der Waals surface area contributed by atoms with Crippen molar-refractivity contribution in [2.75, 3.05) is 6.61 Å². The zero-order valence-electron chi connectivity index (χ0n) is 15.6. The predicted molar refractivity (Wildman–Crippen MR) is 83.7 cm³/mol. The lowest BCUT2D eigenvalue weighted by Gasteiger charge is -2.43. The molecule has 11 nitrogen and oxygen atoms in total. The van der Waals surface area contributed by atoms with Crippen molar-refractivity contribution < 1.29 is 52.4 Å². The summed E-state index contributed by atoms with van der Waals surface area (Å²) in [5.74, 6) is -3.71. The molecule has 0 aliphatic carbocycles. The van der Waals surface area contributed by atoms with Crippen molar-refractivity contribution in [1.82, 2.24) is 0 Å². The second-order valence-corrected chi connectivity index (χ2v) is 5.68. The van der Waals surface area contributed by atoms with Gasteiger partial charge in [-0.05, 0) is 0 Å². The van der Waals surface area contributed by atoms with Gasteiger partial charge in [0.05, 0.1) is 0 Å². The highest BCUT2D eigenvalue weighted by molar-refractivity contribution is 5.69. The monoisotopic (exact) mass is 390 g/mol. The van der Waals surface area contributed by atoms with Crippen LogP contribution in [0.4, 0.5) is 0 Å². The maximum absolute atomic E-state index is 11.5. The molecule has 2 unspecified atom stereocenters. The highest BCUT2D eigenvalue weighted by Crippen LogP contribution is 2.29. The first-order chi connectivity index (χ1) is 12.5. The third-order valence-corrected chi connectivity index (χ3v) is 3.23. The molecule has 1 saturated heterocycles. The summed E-state index contributed by atoms with van der Waals surface area (Å²) in [4.78, 5) is 57.0. The Kier molecular flexibility index (Phi) is 8.16. The summed E-state index contributed by atoms with van der Waals surface area (Å²) in [6.07, 6.45) is -6.70. The molecule has 152 valence electrons. The molecule has 0 bridgehead atoms. The van der Waals surface area contributed by atoms with Crippen LogP contribution in [0.15, 0.2) is 0 Å². The van der Waals surface area contributed by atoms with Crippen LogP contribution in [-0.2, 0) is 52.4 Å². The average molecular weight is 390 g/mol. The van der Waals surface area contributed by atoms with Gasteiger partial charge in [-0.15, -0.1) is 0 Å². The Hall–Kier alpha value is -2.69. The van der Waals surface area contributed by atoms with E-state index < -0.39 is 67.2 Å². The van der Waals surface area contributed by atoms with Crippen molar-refractivity contribution in [3.05, 3.63) is 0 Å². The van der Waals surface area contributed by atoms with Gasteiger partial charge in [-0.3, -0.25) is 24.0 Å². The number of rotatable bonds is 6. The maximum atomic E-state index is 11.5. The molecule has 0 amide bonds. The number of ether oxygens (including phenoxy) is 6. The van der Waals surface area contributed by atoms with E-state index in [0.717, 1.165) is 34.6 Å². The zero-order valence-corrected chi connectivity index (χ0v) is 15.6. The van der Waals surface area contributed by atoms with Crippen LogP contribution in [0.2, 0.25) is 0 Å². The van der Waals surface area contributed by atoms with Gasteiger partial charge >= 0.3 is 29.8 Å². The fraction of sp³-hybridized carbons (Fsp3) is 0.688. The Bertz CT molecular complexity index is 599. The number of esters is 5. The zero-order chi connectivity index (χ0) is 20.7. The molecule has 1 aliphatic heterocycles. The average Bonchev–Trinajstić information content (AvgIpc) is 2.49. The quantitative estimate of drug-likeness (QED) is 0.433. The molecule has 0 N–H and O–H groups in total. The summed E-state index contributed by atoms with van der Waals surface area (Å²) in [6, 6.07) is 0. The first-order valence-electron chi connectivity index (χ1n) is 7.99. The normalized spacial score (nSPS) is 27.1. The van der Waals surface area contributed by atoms with Gasteiger partial charge in [0.1, 0.15) is 12.7 Å². The summed E-state index contributed by atoms with van der Waals surface area (Å²) in [7, 11) is 0. The minimum Gasteiger partial charge on any atom is -0.463 e. The predicted octanol–water partition coefficient (Wildman–Crippen LogP) is -0.367. The minimum absolute atomic E-state index is 0.393. The van der Waals surface area contributed by atoms with Gasteiger partial charge in [0.15, 0.2) is 12.2 Å². The maximum Gasteiger partial charge on any atom is 0.305 e. The van der Waals surface area contributed by atoms with E-state index in [0.29, 0.717) is 0 Å². The smallest absolute Gasteiger partial charge is 0.305 e. The number of hydrogen-bond donors (Lipinski definition) is 0. The summed E-state index contributed by atoms with van der Waals surface area (Å²) in [6.45, 7) is 5.13. The van der Waals surface area contributed by atoms with E-state index in [4.69, 9.17) is 28.4 Å². The Morgan fingerprint density at radius 2 is 1.07 bits per heavy atom. The Balaban J connectivity index is 3.29. The van der Waals surface area contributed by atoms with Gasteiger partial charge in [0.2, 0.25) is 12.4 Å². The van der Waals surface area contributed by atoms with Crippen molar-refractivity contribution >= 4 is 29.8 Å². The number of hydrogen-bond acceptors (Lipinski definition) is 11. The fourth-order valence-electron chi connectivity index (χ4n) is 2.45. The van der Waals surface area contributed by atoms with Crippen molar-refractivity contribution in [1.29, 1.82) is 0 Å². The van der Waals surface area contributed by atoms with Crippen molar-refractivity contribution in [2.45, 2.75) is 65.3 Å². The molecule has 11 heteroatoms. The highest BCUT2D eigenvalue weighted by atomic mass is 16.7. The van der Waals surface area contributed by atoms with E-state index >= 15 is 0 Å². The molecule has 27 heavy (non-hydrogen) atoms. The molecule has 0 aromatic heterocycles. The largest absolute Gasteiger partial charge is 0.463 e. The summed E-state index contributed by atoms with van der Waals surface area (Å²) >= 11 is 0. The lowest BCUT2D eigenvalue weighted by molar-refractivity contribution is -0.300. The van der Waals surface area contributed by atoms with Crippen LogP contribution in [-0.4, -0.2) is 67.2 Å². The van der Waals surface area contributed by atoms with Gasteiger partial charge in [-0.2, -0.15) is 0 Å². The molecule has 0 radical (unpaired) electrons. The first kappa shape index (κ1) is 22.4. The molecule has 1 rings (SSSR count). The first-order valence-corrected chi connectivity index (χ1v) is 7.99. The van der Waals surface area contributed by atoms with E-state index in [2.05, 4.69) is 0 Å². The van der Waals surface area contributed by atoms with Crippen LogP contribution >= 0.6 is 0 Å². The lowest BCUT2D eigenvalue weighted by atomic mass is 9.98. The molecule has 1 aliphatic rings. The Morgan fingerprint density at radius 1 is 0.630 bits per heavy atom. The second-order valence-electron chi connectivity index (χ2n) is 5.68. The van der Waals surface area contributed by atoms with Crippen LogP contribution in [0, 0.1) is 0 Å². The van der Waals surface area contributed by atoms with E-state index in [-0.39, 0.29) is 0 Å². The summed E-state index contributed by atoms with van der Waals surface area (Å²) in [5.41, 5.74) is 0. The molecule has 5 atom stereocenters. The third-order valence-electron chi connectivity index (χ3n) is 3.23. The molecular formula is C16H22O11. The van der Waals surface area contributed by atoms with Gasteiger partial charge in [-0.1, -0.05) is 0 Å². The van der Waals surface area contributed by atoms with Gasteiger partial charge < -0.3 is 28.4 Å². The molecule has 0 saturated carbocycles. The van der Waals surface area contributed by atoms with Crippen LogP contribution in [0.1, 0.15) is 34.6 Å². The van der Waals surface area contributed by atoms with E-state index in [1.165, 1.54) is 0 Å².